The fourth-order valence-electron chi connectivity index (χ4n) is 4.62. The quantitative estimate of drug-likeness (QED) is 0.422. The fourth-order valence-corrected chi connectivity index (χ4v) is 4.62. The number of aryl methyl sites for hydroxylation is 3. The maximum absolute atomic E-state index is 2.44. The highest BCUT2D eigenvalue weighted by atomic mass is 14.2. The molecule has 1 atom stereocenters. The van der Waals surface area contributed by atoms with Crippen LogP contribution in [0.1, 0.15) is 66.8 Å². The van der Waals surface area contributed by atoms with Crippen LogP contribution in [0.25, 0.3) is 11.1 Å². The van der Waals surface area contributed by atoms with Gasteiger partial charge in [-0.15, -0.1) is 0 Å². The lowest BCUT2D eigenvalue weighted by molar-refractivity contribution is 0.585. The van der Waals surface area contributed by atoms with E-state index >= 15 is 0 Å². The highest BCUT2D eigenvalue weighted by Gasteiger charge is 2.20. The maximum atomic E-state index is 2.44. The van der Waals surface area contributed by atoms with Crippen LogP contribution in [0.2, 0.25) is 0 Å². The zero-order valence-corrected chi connectivity index (χ0v) is 17.4. The Morgan fingerprint density at radius 3 is 1.93 bits per heavy atom. The van der Waals surface area contributed by atoms with Crippen molar-refractivity contribution in [3.05, 3.63) is 94.5 Å². The molecule has 1 unspecified atom stereocenters. The lowest BCUT2D eigenvalue weighted by atomic mass is 9.79. The van der Waals surface area contributed by atoms with Gasteiger partial charge < -0.3 is 0 Å². The molecule has 0 heteroatoms. The van der Waals surface area contributed by atoms with Crippen LogP contribution >= 0.6 is 0 Å². The molecule has 0 radical (unpaired) electrons. The van der Waals surface area contributed by atoms with E-state index in [2.05, 4.69) is 80.6 Å². The molecule has 0 fully saturated rings. The van der Waals surface area contributed by atoms with Gasteiger partial charge in [0.15, 0.2) is 0 Å². The summed E-state index contributed by atoms with van der Waals surface area (Å²) in [5.41, 5.74) is 10.2. The largest absolute Gasteiger partial charge is 0.0651 e. The molecule has 28 heavy (non-hydrogen) atoms. The van der Waals surface area contributed by atoms with E-state index in [0.29, 0.717) is 5.92 Å². The van der Waals surface area contributed by atoms with Crippen LogP contribution < -0.4 is 0 Å². The lowest BCUT2D eigenvalue weighted by Gasteiger charge is -2.26. The van der Waals surface area contributed by atoms with Gasteiger partial charge in [-0.1, -0.05) is 93.4 Å². The monoisotopic (exact) mass is 368 g/mol. The number of hydrogen-bond acceptors (Lipinski definition) is 0. The molecule has 144 valence electrons. The van der Waals surface area contributed by atoms with E-state index in [0.717, 1.165) is 0 Å². The molecule has 0 aromatic heterocycles. The molecule has 0 nitrogen and oxygen atoms in total. The first-order valence-electron chi connectivity index (χ1n) is 11.1. The van der Waals surface area contributed by atoms with Crippen molar-refractivity contribution in [2.75, 3.05) is 0 Å². The van der Waals surface area contributed by atoms with E-state index in [1.165, 1.54) is 72.8 Å². The van der Waals surface area contributed by atoms with Crippen molar-refractivity contribution in [3.8, 4) is 11.1 Å². The minimum Gasteiger partial charge on any atom is -0.0651 e. The van der Waals surface area contributed by atoms with Gasteiger partial charge in [-0.25, -0.2) is 0 Å². The molecule has 0 heterocycles. The van der Waals surface area contributed by atoms with Gasteiger partial charge in [0.25, 0.3) is 0 Å². The summed E-state index contributed by atoms with van der Waals surface area (Å²) in [5, 5.41) is 0. The maximum Gasteiger partial charge on any atom is -0.0118 e. The van der Waals surface area contributed by atoms with Gasteiger partial charge in [-0.2, -0.15) is 0 Å². The standard InChI is InChI=1S/C28H32/c1-3-5-21-7-11-23(12-8-21)25-15-17-28-20-26(16-18-27(28)19-25)24-13-9-22(6-4-2)10-14-24/h7-15,17,19,26H,3-6,16,18,20H2,1-2H3. The first-order valence-corrected chi connectivity index (χ1v) is 11.1. The van der Waals surface area contributed by atoms with Crippen molar-refractivity contribution in [3.63, 3.8) is 0 Å². The zero-order chi connectivity index (χ0) is 19.3. The number of fused-ring (bicyclic) bond motifs is 1. The summed E-state index contributed by atoms with van der Waals surface area (Å²) in [6, 6.07) is 25.7. The summed E-state index contributed by atoms with van der Waals surface area (Å²) in [6.07, 6.45) is 8.43. The zero-order valence-electron chi connectivity index (χ0n) is 17.4. The predicted octanol–water partition coefficient (Wildman–Crippen LogP) is 7.53. The first-order chi connectivity index (χ1) is 13.8. The molecule has 0 aliphatic heterocycles. The normalized spacial score (nSPS) is 16.0. The van der Waals surface area contributed by atoms with E-state index < -0.39 is 0 Å². The van der Waals surface area contributed by atoms with Crippen molar-refractivity contribution in [2.45, 2.75) is 64.7 Å². The van der Waals surface area contributed by atoms with Crippen molar-refractivity contribution in [1.29, 1.82) is 0 Å². The molecule has 1 aliphatic carbocycles. The molecular weight excluding hydrogens is 336 g/mol. The van der Waals surface area contributed by atoms with E-state index in [4.69, 9.17) is 0 Å². The molecule has 3 aromatic rings. The Kier molecular flexibility index (Phi) is 5.95. The van der Waals surface area contributed by atoms with Gasteiger partial charge in [-0.05, 0) is 77.0 Å². The van der Waals surface area contributed by atoms with Crippen LogP contribution in [-0.2, 0) is 25.7 Å². The Bertz CT molecular complexity index is 900. The van der Waals surface area contributed by atoms with Gasteiger partial charge >= 0.3 is 0 Å². The fraction of sp³-hybridized carbons (Fsp3) is 0.357. The van der Waals surface area contributed by atoms with E-state index in [9.17, 15) is 0 Å². The Balaban J connectivity index is 1.49. The number of hydrogen-bond donors (Lipinski definition) is 0. The van der Waals surface area contributed by atoms with Crippen molar-refractivity contribution >= 4 is 0 Å². The summed E-state index contributed by atoms with van der Waals surface area (Å²) in [6.45, 7) is 4.49. The number of rotatable bonds is 6. The highest BCUT2D eigenvalue weighted by molar-refractivity contribution is 5.65. The summed E-state index contributed by atoms with van der Waals surface area (Å²) in [4.78, 5) is 0. The van der Waals surface area contributed by atoms with Crippen LogP contribution in [0.5, 0.6) is 0 Å². The second kappa shape index (κ2) is 8.78. The van der Waals surface area contributed by atoms with Crippen LogP contribution in [0, 0.1) is 0 Å². The molecule has 0 amide bonds. The van der Waals surface area contributed by atoms with Crippen LogP contribution in [0.4, 0.5) is 0 Å². The topological polar surface area (TPSA) is 0 Å². The average molecular weight is 369 g/mol. The first kappa shape index (κ1) is 19.0. The Labute approximate surface area is 170 Å². The van der Waals surface area contributed by atoms with Crippen LogP contribution in [0.3, 0.4) is 0 Å². The second-order valence-corrected chi connectivity index (χ2v) is 8.36. The van der Waals surface area contributed by atoms with E-state index in [1.807, 2.05) is 0 Å². The van der Waals surface area contributed by atoms with Gasteiger partial charge in [0.05, 0.1) is 0 Å². The third-order valence-corrected chi connectivity index (χ3v) is 6.25. The molecule has 0 bridgehead atoms. The molecule has 0 saturated heterocycles. The van der Waals surface area contributed by atoms with Crippen molar-refractivity contribution in [2.24, 2.45) is 0 Å². The second-order valence-electron chi connectivity index (χ2n) is 8.36. The van der Waals surface area contributed by atoms with Crippen LogP contribution in [-0.4, -0.2) is 0 Å². The molecule has 1 aliphatic rings. The van der Waals surface area contributed by atoms with Gasteiger partial charge in [0.2, 0.25) is 0 Å². The third kappa shape index (κ3) is 4.22. The highest BCUT2D eigenvalue weighted by Crippen LogP contribution is 2.35. The molecule has 4 rings (SSSR count). The van der Waals surface area contributed by atoms with Crippen LogP contribution in [0.15, 0.2) is 66.7 Å². The average Bonchev–Trinajstić information content (AvgIpc) is 2.75. The van der Waals surface area contributed by atoms with Crippen molar-refractivity contribution < 1.29 is 0 Å². The summed E-state index contributed by atoms with van der Waals surface area (Å²) < 4.78 is 0. The molecular formula is C28H32. The minimum absolute atomic E-state index is 0.669. The molecule has 3 aromatic carbocycles. The van der Waals surface area contributed by atoms with Gasteiger partial charge in [-0.3, -0.25) is 0 Å². The summed E-state index contributed by atoms with van der Waals surface area (Å²) in [7, 11) is 0. The summed E-state index contributed by atoms with van der Waals surface area (Å²) >= 11 is 0. The summed E-state index contributed by atoms with van der Waals surface area (Å²) in [5.74, 6) is 0.669. The smallest absolute Gasteiger partial charge is 0.0118 e. The Morgan fingerprint density at radius 2 is 1.29 bits per heavy atom. The molecule has 0 spiro atoms. The minimum atomic E-state index is 0.669. The van der Waals surface area contributed by atoms with E-state index in [1.54, 1.807) is 11.1 Å². The van der Waals surface area contributed by atoms with E-state index in [-0.39, 0.29) is 0 Å². The van der Waals surface area contributed by atoms with Gasteiger partial charge in [0, 0.05) is 0 Å². The third-order valence-electron chi connectivity index (χ3n) is 6.25. The predicted molar refractivity (Wildman–Crippen MR) is 121 cm³/mol. The SMILES string of the molecule is CCCc1ccc(-c2ccc3c(c2)CCC(c2ccc(CCC)cc2)C3)cc1. The molecule has 0 N–H and O–H groups in total. The number of benzene rings is 3. The van der Waals surface area contributed by atoms with Gasteiger partial charge in [0.1, 0.15) is 0 Å². The van der Waals surface area contributed by atoms with Crippen molar-refractivity contribution in [1.82, 2.24) is 0 Å². The Hall–Kier alpha value is -2.34. The Morgan fingerprint density at radius 1 is 0.679 bits per heavy atom. The lowest BCUT2D eigenvalue weighted by Crippen LogP contribution is -2.13. The molecule has 0 saturated carbocycles.